The van der Waals surface area contributed by atoms with E-state index in [1.807, 2.05) is 26.0 Å². The van der Waals surface area contributed by atoms with Crippen LogP contribution in [0.4, 0.5) is 0 Å². The second-order valence-electron chi connectivity index (χ2n) is 5.25. The molecule has 0 aliphatic carbocycles. The van der Waals surface area contributed by atoms with Gasteiger partial charge in [-0.05, 0) is 51.3 Å². The van der Waals surface area contributed by atoms with Gasteiger partial charge >= 0.3 is 0 Å². The monoisotopic (exact) mass is 282 g/mol. The van der Waals surface area contributed by atoms with Crippen molar-refractivity contribution in [3.05, 3.63) is 29.3 Å². The van der Waals surface area contributed by atoms with Crippen molar-refractivity contribution in [3.8, 4) is 0 Å². The van der Waals surface area contributed by atoms with Gasteiger partial charge in [-0.15, -0.1) is 0 Å². The molecule has 106 valence electrons. The zero-order valence-electron chi connectivity index (χ0n) is 11.6. The van der Waals surface area contributed by atoms with Crippen LogP contribution in [0.3, 0.4) is 0 Å². The van der Waals surface area contributed by atoms with Crippen molar-refractivity contribution in [1.82, 2.24) is 10.0 Å². The van der Waals surface area contributed by atoms with Gasteiger partial charge in [0.2, 0.25) is 10.0 Å². The maximum absolute atomic E-state index is 12.2. The first-order valence-electron chi connectivity index (χ1n) is 6.79. The van der Waals surface area contributed by atoms with Crippen molar-refractivity contribution in [2.45, 2.75) is 44.0 Å². The summed E-state index contributed by atoms with van der Waals surface area (Å²) in [5.74, 6) is 0. The number of aryl methyl sites for hydroxylation is 2. The molecule has 1 aromatic carbocycles. The Kier molecular flexibility index (Phi) is 4.60. The predicted molar refractivity (Wildman–Crippen MR) is 76.7 cm³/mol. The van der Waals surface area contributed by atoms with Crippen molar-refractivity contribution in [2.75, 3.05) is 13.1 Å². The topological polar surface area (TPSA) is 58.2 Å². The summed E-state index contributed by atoms with van der Waals surface area (Å²) in [5.41, 5.74) is 1.87. The van der Waals surface area contributed by atoms with Gasteiger partial charge < -0.3 is 5.32 Å². The molecule has 1 aliphatic rings. The third-order valence-corrected chi connectivity index (χ3v) is 5.19. The van der Waals surface area contributed by atoms with Crippen LogP contribution in [0.25, 0.3) is 0 Å². The van der Waals surface area contributed by atoms with Crippen molar-refractivity contribution in [1.29, 1.82) is 0 Å². The van der Waals surface area contributed by atoms with Crippen LogP contribution in [0.2, 0.25) is 0 Å². The molecule has 5 heteroatoms. The molecular weight excluding hydrogens is 260 g/mol. The smallest absolute Gasteiger partial charge is 0.240 e. The van der Waals surface area contributed by atoms with Crippen LogP contribution in [0, 0.1) is 13.8 Å². The Balaban J connectivity index is 1.97. The minimum atomic E-state index is -3.38. The number of hydrogen-bond donors (Lipinski definition) is 2. The molecule has 1 heterocycles. The molecule has 0 saturated carbocycles. The van der Waals surface area contributed by atoms with E-state index >= 15 is 0 Å². The lowest BCUT2D eigenvalue weighted by Crippen LogP contribution is -2.31. The highest BCUT2D eigenvalue weighted by Gasteiger charge is 2.18. The fourth-order valence-electron chi connectivity index (χ4n) is 2.55. The van der Waals surface area contributed by atoms with E-state index in [0.29, 0.717) is 17.5 Å². The molecule has 0 bridgehead atoms. The Hall–Kier alpha value is -0.910. The second kappa shape index (κ2) is 6.03. The molecule has 4 nitrogen and oxygen atoms in total. The Morgan fingerprint density at radius 2 is 2.16 bits per heavy atom. The van der Waals surface area contributed by atoms with Crippen LogP contribution >= 0.6 is 0 Å². The lowest BCUT2D eigenvalue weighted by molar-refractivity contribution is 0.539. The van der Waals surface area contributed by atoms with Gasteiger partial charge in [-0.25, -0.2) is 13.1 Å². The molecule has 1 aliphatic heterocycles. The summed E-state index contributed by atoms with van der Waals surface area (Å²) in [4.78, 5) is 0.387. The van der Waals surface area contributed by atoms with Crippen molar-refractivity contribution < 1.29 is 8.42 Å². The van der Waals surface area contributed by atoms with E-state index in [9.17, 15) is 8.42 Å². The van der Waals surface area contributed by atoms with Crippen LogP contribution in [0.5, 0.6) is 0 Å². The number of rotatable bonds is 5. The second-order valence-corrected chi connectivity index (χ2v) is 6.98. The fourth-order valence-corrected chi connectivity index (χ4v) is 3.82. The van der Waals surface area contributed by atoms with E-state index in [2.05, 4.69) is 10.0 Å². The first-order valence-corrected chi connectivity index (χ1v) is 8.28. The summed E-state index contributed by atoms with van der Waals surface area (Å²) in [6, 6.07) is 5.87. The molecule has 0 radical (unpaired) electrons. The van der Waals surface area contributed by atoms with Crippen molar-refractivity contribution in [3.63, 3.8) is 0 Å². The van der Waals surface area contributed by atoms with Gasteiger partial charge in [0.25, 0.3) is 0 Å². The highest BCUT2D eigenvalue weighted by Crippen LogP contribution is 2.16. The van der Waals surface area contributed by atoms with Gasteiger partial charge in [0.15, 0.2) is 0 Å². The minimum Gasteiger partial charge on any atom is -0.314 e. The van der Waals surface area contributed by atoms with E-state index in [4.69, 9.17) is 0 Å². The molecule has 1 saturated heterocycles. The molecular formula is C14H22N2O2S. The van der Waals surface area contributed by atoms with E-state index in [-0.39, 0.29) is 0 Å². The third-order valence-electron chi connectivity index (χ3n) is 3.57. The normalized spacial score (nSPS) is 19.8. The quantitative estimate of drug-likeness (QED) is 0.864. The molecule has 2 rings (SSSR count). The van der Waals surface area contributed by atoms with E-state index in [1.54, 1.807) is 6.07 Å². The third kappa shape index (κ3) is 3.78. The van der Waals surface area contributed by atoms with Gasteiger partial charge in [0, 0.05) is 12.6 Å². The zero-order valence-corrected chi connectivity index (χ0v) is 12.4. The fraction of sp³-hybridized carbons (Fsp3) is 0.571. The lowest BCUT2D eigenvalue weighted by Gasteiger charge is -2.12. The van der Waals surface area contributed by atoms with Crippen LogP contribution in [0.1, 0.15) is 30.4 Å². The van der Waals surface area contributed by atoms with Crippen molar-refractivity contribution in [2.24, 2.45) is 0 Å². The Labute approximate surface area is 115 Å². The largest absolute Gasteiger partial charge is 0.314 e. The summed E-state index contributed by atoms with van der Waals surface area (Å²) in [7, 11) is -3.38. The zero-order chi connectivity index (χ0) is 13.9. The number of benzene rings is 1. The Morgan fingerprint density at radius 1 is 1.37 bits per heavy atom. The Bertz CT molecular complexity index is 534. The molecule has 0 aromatic heterocycles. The Morgan fingerprint density at radius 3 is 2.79 bits per heavy atom. The molecule has 0 unspecified atom stereocenters. The molecule has 1 fully saturated rings. The first kappa shape index (κ1) is 14.5. The van der Waals surface area contributed by atoms with Gasteiger partial charge in [-0.2, -0.15) is 0 Å². The van der Waals surface area contributed by atoms with Gasteiger partial charge in [0.05, 0.1) is 4.90 Å². The summed E-state index contributed by atoms with van der Waals surface area (Å²) >= 11 is 0. The average molecular weight is 282 g/mol. The molecule has 0 amide bonds. The minimum absolute atomic E-state index is 0.387. The average Bonchev–Trinajstić information content (AvgIpc) is 2.81. The summed E-state index contributed by atoms with van der Waals surface area (Å²) < 4.78 is 27.1. The summed E-state index contributed by atoms with van der Waals surface area (Å²) in [6.45, 7) is 5.34. The molecule has 1 atom stereocenters. The lowest BCUT2D eigenvalue weighted by atomic mass is 10.2. The summed E-state index contributed by atoms with van der Waals surface area (Å²) in [5, 5.41) is 3.37. The van der Waals surface area contributed by atoms with Crippen LogP contribution < -0.4 is 10.0 Å². The number of hydrogen-bond acceptors (Lipinski definition) is 3. The van der Waals surface area contributed by atoms with E-state index < -0.39 is 10.0 Å². The SMILES string of the molecule is Cc1ccc(S(=O)(=O)NCC[C@@H]2CCCN2)c(C)c1. The number of sulfonamides is 1. The number of nitrogens with one attached hydrogen (secondary N) is 2. The molecule has 19 heavy (non-hydrogen) atoms. The van der Waals surface area contributed by atoms with Crippen LogP contribution in [-0.2, 0) is 10.0 Å². The van der Waals surface area contributed by atoms with Gasteiger partial charge in [0.1, 0.15) is 0 Å². The van der Waals surface area contributed by atoms with Crippen molar-refractivity contribution >= 4 is 10.0 Å². The standard InChI is InChI=1S/C14H22N2O2S/c1-11-5-6-14(12(2)10-11)19(17,18)16-9-7-13-4-3-8-15-13/h5-6,10,13,15-16H,3-4,7-9H2,1-2H3/t13-/m0/s1. The highest BCUT2D eigenvalue weighted by molar-refractivity contribution is 7.89. The van der Waals surface area contributed by atoms with Gasteiger partial charge in [-0.1, -0.05) is 17.7 Å². The molecule has 1 aromatic rings. The maximum atomic E-state index is 12.2. The maximum Gasteiger partial charge on any atom is 0.240 e. The molecule has 2 N–H and O–H groups in total. The van der Waals surface area contributed by atoms with Gasteiger partial charge in [-0.3, -0.25) is 0 Å². The van der Waals surface area contributed by atoms with E-state index in [0.717, 1.165) is 30.5 Å². The van der Waals surface area contributed by atoms with E-state index in [1.165, 1.54) is 6.42 Å². The van der Waals surface area contributed by atoms with Crippen LogP contribution in [-0.4, -0.2) is 27.5 Å². The first-order chi connectivity index (χ1) is 8.99. The van der Waals surface area contributed by atoms with Crippen LogP contribution in [0.15, 0.2) is 23.1 Å². The predicted octanol–water partition coefficient (Wildman–Crippen LogP) is 1.72. The molecule has 0 spiro atoms. The summed E-state index contributed by atoms with van der Waals surface area (Å²) in [6.07, 6.45) is 3.18. The highest BCUT2D eigenvalue weighted by atomic mass is 32.2.